The third-order valence-electron chi connectivity index (χ3n) is 3.60. The Morgan fingerprint density at radius 3 is 3.00 bits per heavy atom. The van der Waals surface area contributed by atoms with Gasteiger partial charge in [-0.25, -0.2) is 4.99 Å². The molecular formula is C12H13N3. The van der Waals surface area contributed by atoms with E-state index in [1.165, 1.54) is 24.1 Å². The minimum Gasteiger partial charge on any atom is -0.352 e. The zero-order chi connectivity index (χ0) is 9.88. The number of nitrogens with zero attached hydrogens (tertiary/aromatic N) is 2. The highest BCUT2D eigenvalue weighted by molar-refractivity contribution is 6.01. The molecule has 76 valence electrons. The first-order chi connectivity index (χ1) is 7.36. The number of aliphatic imine (C=N–C) groups is 1. The molecule has 0 radical (unpaired) electrons. The van der Waals surface area contributed by atoms with Gasteiger partial charge in [0.25, 0.3) is 0 Å². The molecular weight excluding hydrogens is 186 g/mol. The predicted molar refractivity (Wildman–Crippen MR) is 60.0 cm³/mol. The molecule has 1 fully saturated rings. The van der Waals surface area contributed by atoms with E-state index in [1.54, 1.807) is 0 Å². The van der Waals surface area contributed by atoms with Gasteiger partial charge < -0.3 is 10.2 Å². The number of nitrogens with one attached hydrogen (secondary N) is 1. The van der Waals surface area contributed by atoms with E-state index in [0.29, 0.717) is 0 Å². The zero-order valence-corrected chi connectivity index (χ0v) is 8.53. The van der Waals surface area contributed by atoms with Crippen molar-refractivity contribution in [3.8, 4) is 0 Å². The summed E-state index contributed by atoms with van der Waals surface area (Å²) < 4.78 is 0. The fraction of sp³-hybridized carbons (Fsp3) is 0.417. The highest BCUT2D eigenvalue weighted by atomic mass is 15.4. The third kappa shape index (κ3) is 0.978. The van der Waals surface area contributed by atoms with Gasteiger partial charge in [0, 0.05) is 12.2 Å². The topological polar surface area (TPSA) is 27.6 Å². The summed E-state index contributed by atoms with van der Waals surface area (Å²) in [6, 6.07) is 8.61. The summed E-state index contributed by atoms with van der Waals surface area (Å²) in [6.45, 7) is 1.99. The Morgan fingerprint density at radius 2 is 2.13 bits per heavy atom. The van der Waals surface area contributed by atoms with Crippen LogP contribution in [0, 0.1) is 0 Å². The van der Waals surface area contributed by atoms with Crippen molar-refractivity contribution in [2.24, 2.45) is 4.99 Å². The summed E-state index contributed by atoms with van der Waals surface area (Å²) >= 11 is 0. The lowest BCUT2D eigenvalue weighted by Crippen LogP contribution is -2.43. The molecule has 2 heterocycles. The Bertz CT molecular complexity index is 460. The van der Waals surface area contributed by atoms with Gasteiger partial charge in [-0.3, -0.25) is 0 Å². The maximum absolute atomic E-state index is 4.78. The van der Waals surface area contributed by atoms with Gasteiger partial charge in [-0.1, -0.05) is 18.2 Å². The van der Waals surface area contributed by atoms with Crippen LogP contribution in [0.2, 0.25) is 0 Å². The van der Waals surface area contributed by atoms with Crippen molar-refractivity contribution >= 4 is 11.6 Å². The summed E-state index contributed by atoms with van der Waals surface area (Å²) in [4.78, 5) is 7.12. The van der Waals surface area contributed by atoms with Crippen LogP contribution in [0.4, 0.5) is 5.69 Å². The minimum atomic E-state index is 0.278. The number of hydrogen-bond donors (Lipinski definition) is 1. The van der Waals surface area contributed by atoms with Crippen molar-refractivity contribution < 1.29 is 0 Å². The van der Waals surface area contributed by atoms with E-state index in [0.717, 1.165) is 19.0 Å². The Morgan fingerprint density at radius 1 is 1.27 bits per heavy atom. The van der Waals surface area contributed by atoms with Crippen molar-refractivity contribution in [2.75, 3.05) is 11.4 Å². The number of rotatable bonds is 0. The lowest BCUT2D eigenvalue weighted by molar-refractivity contribution is 0.728. The maximum atomic E-state index is 4.78. The molecule has 1 spiro atoms. The normalized spacial score (nSPS) is 24.3. The Kier molecular flexibility index (Phi) is 1.21. The first-order valence-corrected chi connectivity index (χ1v) is 5.56. The van der Waals surface area contributed by atoms with E-state index in [-0.39, 0.29) is 5.54 Å². The highest BCUT2D eigenvalue weighted by Gasteiger charge is 2.50. The molecule has 0 unspecified atom stereocenters. The summed E-state index contributed by atoms with van der Waals surface area (Å²) in [6.07, 6.45) is 2.52. The van der Waals surface area contributed by atoms with Crippen LogP contribution < -0.4 is 10.2 Å². The minimum absolute atomic E-state index is 0.278. The summed E-state index contributed by atoms with van der Waals surface area (Å²) in [7, 11) is 0. The number of guanidine groups is 1. The molecule has 0 amide bonds. The Balaban J connectivity index is 1.83. The molecule has 3 heteroatoms. The summed E-state index contributed by atoms with van der Waals surface area (Å²) in [5.74, 6) is 1.09. The highest BCUT2D eigenvalue weighted by Crippen LogP contribution is 2.45. The number of fused-ring (bicyclic) bond motifs is 3. The summed E-state index contributed by atoms with van der Waals surface area (Å²) in [5, 5.41) is 3.41. The second-order valence-electron chi connectivity index (χ2n) is 4.73. The number of hydrogen-bond acceptors (Lipinski definition) is 3. The quantitative estimate of drug-likeness (QED) is 0.685. The van der Waals surface area contributed by atoms with Crippen LogP contribution in [0.25, 0.3) is 0 Å². The number of anilines is 1. The van der Waals surface area contributed by atoms with Crippen molar-refractivity contribution in [1.29, 1.82) is 0 Å². The molecule has 1 N–H and O–H groups in total. The van der Waals surface area contributed by atoms with Gasteiger partial charge in [-0.05, 0) is 24.5 Å². The monoisotopic (exact) mass is 199 g/mol. The van der Waals surface area contributed by atoms with Crippen LogP contribution in [0.15, 0.2) is 29.3 Å². The molecule has 0 saturated heterocycles. The SMILES string of the molecule is c1ccc2c(c1)CNC1=NC3(CC3)CN12. The van der Waals surface area contributed by atoms with Gasteiger partial charge in [-0.15, -0.1) is 0 Å². The van der Waals surface area contributed by atoms with E-state index in [2.05, 4.69) is 34.5 Å². The standard InChI is InChI=1S/C12H13N3/c1-2-4-10-9(3-1)7-13-11-14-12(5-6-12)8-15(10)11/h1-4H,5-8H2,(H,13,14). The van der Waals surface area contributed by atoms with Crippen LogP contribution in [0.1, 0.15) is 18.4 Å². The second kappa shape index (κ2) is 2.35. The first kappa shape index (κ1) is 7.74. The van der Waals surface area contributed by atoms with E-state index < -0.39 is 0 Å². The molecule has 3 nitrogen and oxygen atoms in total. The van der Waals surface area contributed by atoms with E-state index in [1.807, 2.05) is 0 Å². The largest absolute Gasteiger partial charge is 0.352 e. The molecule has 1 saturated carbocycles. The molecule has 4 rings (SSSR count). The number of benzene rings is 1. The second-order valence-corrected chi connectivity index (χ2v) is 4.73. The van der Waals surface area contributed by atoms with Gasteiger partial charge in [0.1, 0.15) is 0 Å². The van der Waals surface area contributed by atoms with Crippen molar-refractivity contribution in [2.45, 2.75) is 24.9 Å². The predicted octanol–water partition coefficient (Wildman–Crippen LogP) is 1.50. The average molecular weight is 199 g/mol. The smallest absolute Gasteiger partial charge is 0.199 e. The zero-order valence-electron chi connectivity index (χ0n) is 8.53. The van der Waals surface area contributed by atoms with Crippen LogP contribution in [0.3, 0.4) is 0 Å². The molecule has 2 aliphatic heterocycles. The molecule has 1 aromatic rings. The molecule has 1 aromatic carbocycles. The molecule has 1 aliphatic carbocycles. The summed E-state index contributed by atoms with van der Waals surface area (Å²) in [5.41, 5.74) is 3.01. The molecule has 3 aliphatic rings. The fourth-order valence-corrected chi connectivity index (χ4v) is 2.54. The van der Waals surface area contributed by atoms with E-state index in [4.69, 9.17) is 4.99 Å². The van der Waals surface area contributed by atoms with Gasteiger partial charge >= 0.3 is 0 Å². The molecule has 0 aromatic heterocycles. The van der Waals surface area contributed by atoms with Crippen LogP contribution in [-0.4, -0.2) is 18.0 Å². The number of para-hydroxylation sites is 1. The van der Waals surface area contributed by atoms with Crippen LogP contribution in [-0.2, 0) is 6.54 Å². The average Bonchev–Trinajstić information content (AvgIpc) is 2.90. The van der Waals surface area contributed by atoms with Crippen LogP contribution in [0.5, 0.6) is 0 Å². The fourth-order valence-electron chi connectivity index (χ4n) is 2.54. The molecule has 0 atom stereocenters. The lowest BCUT2D eigenvalue weighted by atomic mass is 10.1. The van der Waals surface area contributed by atoms with Gasteiger partial charge in [0.15, 0.2) is 5.96 Å². The van der Waals surface area contributed by atoms with Crippen LogP contribution >= 0.6 is 0 Å². The molecule has 15 heavy (non-hydrogen) atoms. The van der Waals surface area contributed by atoms with Gasteiger partial charge in [0.05, 0.1) is 12.1 Å². The van der Waals surface area contributed by atoms with Crippen molar-refractivity contribution in [3.63, 3.8) is 0 Å². The Hall–Kier alpha value is -1.51. The third-order valence-corrected chi connectivity index (χ3v) is 3.60. The maximum Gasteiger partial charge on any atom is 0.199 e. The molecule has 0 bridgehead atoms. The lowest BCUT2D eigenvalue weighted by Gasteiger charge is -2.29. The van der Waals surface area contributed by atoms with Gasteiger partial charge in [-0.2, -0.15) is 0 Å². The van der Waals surface area contributed by atoms with E-state index in [9.17, 15) is 0 Å². The Labute approximate surface area is 88.8 Å². The van der Waals surface area contributed by atoms with Gasteiger partial charge in [0.2, 0.25) is 0 Å². The first-order valence-electron chi connectivity index (χ1n) is 5.56. The van der Waals surface area contributed by atoms with Crippen molar-refractivity contribution in [1.82, 2.24) is 5.32 Å². The van der Waals surface area contributed by atoms with E-state index >= 15 is 0 Å². The van der Waals surface area contributed by atoms with Crippen molar-refractivity contribution in [3.05, 3.63) is 29.8 Å².